The first-order valence-electron chi connectivity index (χ1n) is 5.26. The average Bonchev–Trinajstić information content (AvgIpc) is 2.27. The number of hydrogen-bond donors (Lipinski definition) is 2. The molecule has 0 saturated carbocycles. The fourth-order valence-corrected chi connectivity index (χ4v) is 1.57. The van der Waals surface area contributed by atoms with Crippen LogP contribution in [0.15, 0.2) is 22.7 Å². The van der Waals surface area contributed by atoms with Crippen molar-refractivity contribution in [2.75, 3.05) is 11.9 Å². The SMILES string of the molecule is CC(C)NCC(=O)Nc1cc(Br)ccc1C#N. The van der Waals surface area contributed by atoms with Gasteiger partial charge >= 0.3 is 0 Å². The summed E-state index contributed by atoms with van der Waals surface area (Å²) in [6, 6.07) is 7.43. The Morgan fingerprint density at radius 3 is 2.82 bits per heavy atom. The van der Waals surface area contributed by atoms with Crippen molar-refractivity contribution in [3.8, 4) is 6.07 Å². The molecular formula is C12H14BrN3O. The molecule has 0 bridgehead atoms. The lowest BCUT2D eigenvalue weighted by Gasteiger charge is -2.10. The Morgan fingerprint density at radius 2 is 2.24 bits per heavy atom. The molecule has 0 atom stereocenters. The molecular weight excluding hydrogens is 282 g/mol. The highest BCUT2D eigenvalue weighted by atomic mass is 79.9. The Balaban J connectivity index is 2.71. The summed E-state index contributed by atoms with van der Waals surface area (Å²) < 4.78 is 0.823. The number of amides is 1. The Hall–Kier alpha value is -1.38. The molecule has 0 aliphatic heterocycles. The van der Waals surface area contributed by atoms with Crippen LogP contribution in [0.3, 0.4) is 0 Å². The number of carbonyl (C=O) groups is 1. The highest BCUT2D eigenvalue weighted by Gasteiger charge is 2.07. The summed E-state index contributed by atoms with van der Waals surface area (Å²) in [5.74, 6) is -0.159. The molecule has 1 aromatic carbocycles. The van der Waals surface area contributed by atoms with Gasteiger partial charge in [0.2, 0.25) is 5.91 Å². The quantitative estimate of drug-likeness (QED) is 0.895. The Morgan fingerprint density at radius 1 is 1.53 bits per heavy atom. The van der Waals surface area contributed by atoms with Gasteiger partial charge in [0.05, 0.1) is 17.8 Å². The third kappa shape index (κ3) is 4.55. The normalized spacial score (nSPS) is 10.1. The second-order valence-corrected chi connectivity index (χ2v) is 4.80. The first-order valence-corrected chi connectivity index (χ1v) is 6.05. The van der Waals surface area contributed by atoms with Gasteiger partial charge in [-0.25, -0.2) is 0 Å². The van der Waals surface area contributed by atoms with E-state index in [4.69, 9.17) is 5.26 Å². The molecule has 0 aliphatic carbocycles. The smallest absolute Gasteiger partial charge is 0.238 e. The van der Waals surface area contributed by atoms with Crippen molar-refractivity contribution in [2.45, 2.75) is 19.9 Å². The van der Waals surface area contributed by atoms with Crippen LogP contribution in [-0.2, 0) is 4.79 Å². The molecule has 2 N–H and O–H groups in total. The Kier molecular flexibility index (Phi) is 5.13. The number of nitrogens with one attached hydrogen (secondary N) is 2. The van der Waals surface area contributed by atoms with Gasteiger partial charge in [0, 0.05) is 10.5 Å². The number of hydrogen-bond acceptors (Lipinski definition) is 3. The van der Waals surface area contributed by atoms with E-state index in [1.165, 1.54) is 0 Å². The minimum atomic E-state index is -0.159. The van der Waals surface area contributed by atoms with E-state index in [1.807, 2.05) is 19.9 Å². The third-order valence-corrected chi connectivity index (χ3v) is 2.54. The zero-order valence-corrected chi connectivity index (χ0v) is 11.3. The van der Waals surface area contributed by atoms with E-state index in [0.717, 1.165) is 4.47 Å². The standard InChI is InChI=1S/C12H14BrN3O/c1-8(2)15-7-12(17)16-11-5-10(13)4-3-9(11)6-14/h3-5,8,15H,7H2,1-2H3,(H,16,17). The monoisotopic (exact) mass is 295 g/mol. The number of rotatable bonds is 4. The van der Waals surface area contributed by atoms with Crippen molar-refractivity contribution in [3.05, 3.63) is 28.2 Å². The molecule has 0 heterocycles. The molecule has 4 nitrogen and oxygen atoms in total. The molecule has 0 aromatic heterocycles. The van der Waals surface area contributed by atoms with Crippen molar-refractivity contribution >= 4 is 27.5 Å². The first-order chi connectivity index (χ1) is 8.02. The van der Waals surface area contributed by atoms with Crippen LogP contribution >= 0.6 is 15.9 Å². The van der Waals surface area contributed by atoms with Gasteiger partial charge in [-0.3, -0.25) is 4.79 Å². The number of anilines is 1. The number of nitrogens with zero attached hydrogens (tertiary/aromatic N) is 1. The fourth-order valence-electron chi connectivity index (χ4n) is 1.21. The summed E-state index contributed by atoms with van der Waals surface area (Å²) in [6.07, 6.45) is 0. The molecule has 1 rings (SSSR count). The van der Waals surface area contributed by atoms with E-state index < -0.39 is 0 Å². The van der Waals surface area contributed by atoms with Gasteiger partial charge in [-0.1, -0.05) is 29.8 Å². The summed E-state index contributed by atoms with van der Waals surface area (Å²) in [7, 11) is 0. The lowest BCUT2D eigenvalue weighted by atomic mass is 10.2. The van der Waals surface area contributed by atoms with Crippen LogP contribution in [-0.4, -0.2) is 18.5 Å². The summed E-state index contributed by atoms with van der Waals surface area (Å²) in [6.45, 7) is 4.16. The Labute approximate surface area is 109 Å². The summed E-state index contributed by atoms with van der Waals surface area (Å²) in [5.41, 5.74) is 0.975. The molecule has 0 unspecified atom stereocenters. The third-order valence-electron chi connectivity index (χ3n) is 2.05. The number of halogens is 1. The lowest BCUT2D eigenvalue weighted by Crippen LogP contribution is -2.32. The summed E-state index contributed by atoms with van der Waals surface area (Å²) in [5, 5.41) is 14.6. The van der Waals surface area contributed by atoms with Crippen molar-refractivity contribution in [3.63, 3.8) is 0 Å². The topological polar surface area (TPSA) is 64.9 Å². The van der Waals surface area contributed by atoms with E-state index in [0.29, 0.717) is 11.3 Å². The maximum atomic E-state index is 11.6. The van der Waals surface area contributed by atoms with Crippen LogP contribution in [0.5, 0.6) is 0 Å². The van der Waals surface area contributed by atoms with Gasteiger partial charge in [-0.05, 0) is 18.2 Å². The van der Waals surface area contributed by atoms with E-state index in [2.05, 4.69) is 26.6 Å². The molecule has 1 aromatic rings. The number of nitriles is 1. The number of carbonyl (C=O) groups excluding carboxylic acids is 1. The van der Waals surface area contributed by atoms with Gasteiger partial charge in [-0.2, -0.15) is 5.26 Å². The molecule has 0 spiro atoms. The predicted octanol–water partition coefficient (Wildman–Crippen LogP) is 2.26. The van der Waals surface area contributed by atoms with Crippen LogP contribution < -0.4 is 10.6 Å². The molecule has 17 heavy (non-hydrogen) atoms. The zero-order valence-electron chi connectivity index (χ0n) is 9.75. The van der Waals surface area contributed by atoms with E-state index >= 15 is 0 Å². The van der Waals surface area contributed by atoms with Gasteiger partial charge < -0.3 is 10.6 Å². The zero-order chi connectivity index (χ0) is 12.8. The lowest BCUT2D eigenvalue weighted by molar-refractivity contribution is -0.115. The molecule has 0 fully saturated rings. The van der Waals surface area contributed by atoms with Crippen molar-refractivity contribution in [2.24, 2.45) is 0 Å². The fraction of sp³-hybridized carbons (Fsp3) is 0.333. The van der Waals surface area contributed by atoms with Gasteiger partial charge in [0.1, 0.15) is 6.07 Å². The van der Waals surface area contributed by atoms with Crippen molar-refractivity contribution < 1.29 is 4.79 Å². The van der Waals surface area contributed by atoms with E-state index in [1.54, 1.807) is 18.2 Å². The second kappa shape index (κ2) is 6.38. The molecule has 0 saturated heterocycles. The molecule has 0 aliphatic rings. The maximum Gasteiger partial charge on any atom is 0.238 e. The second-order valence-electron chi connectivity index (χ2n) is 3.89. The van der Waals surface area contributed by atoms with E-state index in [9.17, 15) is 4.79 Å². The van der Waals surface area contributed by atoms with Gasteiger partial charge in [0.25, 0.3) is 0 Å². The van der Waals surface area contributed by atoms with Crippen LogP contribution in [0, 0.1) is 11.3 Å². The molecule has 90 valence electrons. The van der Waals surface area contributed by atoms with E-state index in [-0.39, 0.29) is 18.5 Å². The largest absolute Gasteiger partial charge is 0.324 e. The molecule has 5 heteroatoms. The molecule has 1 amide bonds. The highest BCUT2D eigenvalue weighted by molar-refractivity contribution is 9.10. The Bertz CT molecular complexity index is 452. The first kappa shape index (κ1) is 13.7. The van der Waals surface area contributed by atoms with Crippen LogP contribution in [0.4, 0.5) is 5.69 Å². The van der Waals surface area contributed by atoms with Gasteiger partial charge in [0.15, 0.2) is 0 Å². The average molecular weight is 296 g/mol. The predicted molar refractivity (Wildman–Crippen MR) is 70.6 cm³/mol. The number of benzene rings is 1. The van der Waals surface area contributed by atoms with Crippen molar-refractivity contribution in [1.29, 1.82) is 5.26 Å². The summed E-state index contributed by atoms with van der Waals surface area (Å²) >= 11 is 3.30. The highest BCUT2D eigenvalue weighted by Crippen LogP contribution is 2.20. The minimum absolute atomic E-state index is 0.159. The molecule has 0 radical (unpaired) electrons. The van der Waals surface area contributed by atoms with Crippen LogP contribution in [0.1, 0.15) is 19.4 Å². The van der Waals surface area contributed by atoms with Crippen LogP contribution in [0.25, 0.3) is 0 Å². The summed E-state index contributed by atoms with van der Waals surface area (Å²) in [4.78, 5) is 11.6. The van der Waals surface area contributed by atoms with Crippen molar-refractivity contribution in [1.82, 2.24) is 5.32 Å². The minimum Gasteiger partial charge on any atom is -0.324 e. The van der Waals surface area contributed by atoms with Crippen LogP contribution in [0.2, 0.25) is 0 Å². The van der Waals surface area contributed by atoms with Gasteiger partial charge in [-0.15, -0.1) is 0 Å². The maximum absolute atomic E-state index is 11.6.